The molecule has 3 aromatic rings. The van der Waals surface area contributed by atoms with Gasteiger partial charge in [-0.3, -0.25) is 4.79 Å². The number of ether oxygens (including phenoxy) is 2. The van der Waals surface area contributed by atoms with Crippen LogP contribution in [0.2, 0.25) is 0 Å². The van der Waals surface area contributed by atoms with E-state index in [0.29, 0.717) is 4.88 Å². The molecule has 0 saturated carbocycles. The maximum absolute atomic E-state index is 13.2. The van der Waals surface area contributed by atoms with Crippen LogP contribution in [0, 0.1) is 13.8 Å². The molecule has 32 heavy (non-hydrogen) atoms. The zero-order valence-electron chi connectivity index (χ0n) is 19.2. The number of benzene rings is 1. The van der Waals surface area contributed by atoms with E-state index in [4.69, 9.17) is 9.72 Å². The summed E-state index contributed by atoms with van der Waals surface area (Å²) in [5.74, 6) is 0.731. The van der Waals surface area contributed by atoms with Crippen molar-refractivity contribution in [1.82, 2.24) is 14.9 Å². The summed E-state index contributed by atoms with van der Waals surface area (Å²) in [4.78, 5) is 25.6. The van der Waals surface area contributed by atoms with Gasteiger partial charge in [-0.15, -0.1) is 11.3 Å². The summed E-state index contributed by atoms with van der Waals surface area (Å²) in [5.41, 5.74) is 2.24. The Morgan fingerprint density at radius 3 is 2.47 bits per heavy atom. The van der Waals surface area contributed by atoms with Crippen molar-refractivity contribution in [3.63, 3.8) is 0 Å². The summed E-state index contributed by atoms with van der Waals surface area (Å²) in [6.07, 6.45) is 0. The van der Waals surface area contributed by atoms with E-state index in [1.807, 2.05) is 13.8 Å². The Hall–Kier alpha value is -2.81. The lowest BCUT2D eigenvalue weighted by Gasteiger charge is -2.18. The highest BCUT2D eigenvalue weighted by atomic mass is 32.1. The number of alkyl halides is 2. The van der Waals surface area contributed by atoms with E-state index in [0.717, 1.165) is 32.9 Å². The number of carbonyl (C=O) groups excluding carboxylic acids is 1. The number of thiophene rings is 1. The summed E-state index contributed by atoms with van der Waals surface area (Å²) in [5, 5.41) is 0.912. The second kappa shape index (κ2) is 8.97. The lowest BCUT2D eigenvalue weighted by Crippen LogP contribution is -2.26. The van der Waals surface area contributed by atoms with Gasteiger partial charge < -0.3 is 14.4 Å². The fraction of sp³-hybridized carbons (Fsp3) is 0.435. The largest absolute Gasteiger partial charge is 0.493 e. The second-order valence-corrected chi connectivity index (χ2v) is 9.64. The summed E-state index contributed by atoms with van der Waals surface area (Å²) in [6, 6.07) is 4.63. The minimum Gasteiger partial charge on any atom is -0.493 e. The van der Waals surface area contributed by atoms with Gasteiger partial charge in [-0.25, -0.2) is 9.97 Å². The SMILES string of the molecule is COc1cc(CN(C)C(=O)c2sc3nc(C(C)(C)C)nc(C)c3c2C)ccc1OC(F)F. The normalized spacial score (nSPS) is 11.8. The van der Waals surface area contributed by atoms with Gasteiger partial charge in [0, 0.05) is 24.4 Å². The van der Waals surface area contributed by atoms with E-state index in [1.54, 1.807) is 24.1 Å². The molecule has 0 bridgehead atoms. The molecule has 2 heterocycles. The van der Waals surface area contributed by atoms with Crippen molar-refractivity contribution < 1.29 is 23.0 Å². The highest BCUT2D eigenvalue weighted by molar-refractivity contribution is 7.20. The molecule has 0 N–H and O–H groups in total. The Morgan fingerprint density at radius 2 is 1.88 bits per heavy atom. The molecule has 0 spiro atoms. The molecule has 0 fully saturated rings. The van der Waals surface area contributed by atoms with Crippen molar-refractivity contribution in [1.29, 1.82) is 0 Å². The number of amides is 1. The van der Waals surface area contributed by atoms with Crippen molar-refractivity contribution in [2.75, 3.05) is 14.2 Å². The zero-order chi connectivity index (χ0) is 23.8. The molecular formula is C23H27F2N3O3S. The van der Waals surface area contributed by atoms with Gasteiger partial charge in [0.1, 0.15) is 10.7 Å². The molecule has 3 rings (SSSR count). The number of halogens is 2. The van der Waals surface area contributed by atoms with E-state index in [-0.39, 0.29) is 29.4 Å². The van der Waals surface area contributed by atoms with Crippen LogP contribution in [-0.2, 0) is 12.0 Å². The van der Waals surface area contributed by atoms with Crippen molar-refractivity contribution in [3.05, 3.63) is 45.7 Å². The number of hydrogen-bond acceptors (Lipinski definition) is 6. The first-order valence-corrected chi connectivity index (χ1v) is 10.9. The summed E-state index contributed by atoms with van der Waals surface area (Å²) in [6.45, 7) is 7.34. The van der Waals surface area contributed by atoms with Crippen LogP contribution in [0.5, 0.6) is 11.5 Å². The number of aryl methyl sites for hydroxylation is 2. The van der Waals surface area contributed by atoms with Crippen LogP contribution in [0.15, 0.2) is 18.2 Å². The number of carbonyl (C=O) groups is 1. The summed E-state index contributed by atoms with van der Waals surface area (Å²) < 4.78 is 34.7. The molecule has 0 unspecified atom stereocenters. The molecule has 6 nitrogen and oxygen atoms in total. The Labute approximate surface area is 190 Å². The molecule has 172 valence electrons. The molecule has 0 aliphatic heterocycles. The van der Waals surface area contributed by atoms with Crippen molar-refractivity contribution in [3.8, 4) is 11.5 Å². The number of hydrogen-bond donors (Lipinski definition) is 0. The minimum absolute atomic E-state index is 0.0516. The second-order valence-electron chi connectivity index (χ2n) is 8.64. The molecular weight excluding hydrogens is 436 g/mol. The van der Waals surface area contributed by atoms with Crippen molar-refractivity contribution in [2.45, 2.75) is 53.2 Å². The predicted molar refractivity (Wildman–Crippen MR) is 121 cm³/mol. The van der Waals surface area contributed by atoms with Gasteiger partial charge in [0.05, 0.1) is 17.7 Å². The van der Waals surface area contributed by atoms with Crippen LogP contribution in [0.1, 0.15) is 53.1 Å². The maximum Gasteiger partial charge on any atom is 0.387 e. The van der Waals surface area contributed by atoms with E-state index < -0.39 is 6.61 Å². The van der Waals surface area contributed by atoms with Gasteiger partial charge in [-0.2, -0.15) is 8.78 Å². The topological polar surface area (TPSA) is 64.5 Å². The van der Waals surface area contributed by atoms with Gasteiger partial charge in [0.2, 0.25) is 0 Å². The Bertz CT molecular complexity index is 1160. The monoisotopic (exact) mass is 463 g/mol. The highest BCUT2D eigenvalue weighted by Gasteiger charge is 2.25. The van der Waals surface area contributed by atoms with Crippen LogP contribution in [0.3, 0.4) is 0 Å². The fourth-order valence-corrected chi connectivity index (χ4v) is 4.63. The third kappa shape index (κ3) is 4.82. The maximum atomic E-state index is 13.2. The fourth-order valence-electron chi connectivity index (χ4n) is 3.40. The van der Waals surface area contributed by atoms with E-state index in [9.17, 15) is 13.6 Å². The highest BCUT2D eigenvalue weighted by Crippen LogP contribution is 2.34. The number of rotatable bonds is 6. The number of methoxy groups -OCH3 is 1. The average Bonchev–Trinajstić information content (AvgIpc) is 3.04. The molecule has 1 aromatic carbocycles. The molecule has 0 radical (unpaired) electrons. The van der Waals surface area contributed by atoms with Gasteiger partial charge in [-0.1, -0.05) is 26.8 Å². The van der Waals surface area contributed by atoms with Crippen LogP contribution >= 0.6 is 11.3 Å². The Kier molecular flexibility index (Phi) is 6.69. The van der Waals surface area contributed by atoms with Crippen LogP contribution in [0.25, 0.3) is 10.2 Å². The molecule has 9 heteroatoms. The van der Waals surface area contributed by atoms with Gasteiger partial charge in [0.15, 0.2) is 11.5 Å². The number of aromatic nitrogens is 2. The zero-order valence-corrected chi connectivity index (χ0v) is 20.1. The lowest BCUT2D eigenvalue weighted by molar-refractivity contribution is -0.0512. The van der Waals surface area contributed by atoms with E-state index >= 15 is 0 Å². The number of fused-ring (bicyclic) bond motifs is 1. The van der Waals surface area contributed by atoms with E-state index in [1.165, 1.54) is 24.5 Å². The first-order chi connectivity index (χ1) is 14.9. The molecule has 0 saturated heterocycles. The molecule has 1 amide bonds. The van der Waals surface area contributed by atoms with Gasteiger partial charge in [0.25, 0.3) is 5.91 Å². The lowest BCUT2D eigenvalue weighted by atomic mass is 9.95. The van der Waals surface area contributed by atoms with Gasteiger partial charge in [-0.05, 0) is 37.1 Å². The van der Waals surface area contributed by atoms with Crippen molar-refractivity contribution >= 4 is 27.5 Å². The third-order valence-electron chi connectivity index (χ3n) is 5.05. The van der Waals surface area contributed by atoms with Gasteiger partial charge >= 0.3 is 6.61 Å². The third-order valence-corrected chi connectivity index (χ3v) is 6.22. The molecule has 0 aliphatic rings. The summed E-state index contributed by atoms with van der Waals surface area (Å²) in [7, 11) is 3.07. The molecule has 2 aromatic heterocycles. The van der Waals surface area contributed by atoms with Crippen LogP contribution in [0.4, 0.5) is 8.78 Å². The minimum atomic E-state index is -2.94. The predicted octanol–water partition coefficient (Wildman–Crippen LogP) is 5.49. The smallest absolute Gasteiger partial charge is 0.387 e. The van der Waals surface area contributed by atoms with Crippen molar-refractivity contribution in [2.24, 2.45) is 0 Å². The first-order valence-electron chi connectivity index (χ1n) is 10.1. The van der Waals surface area contributed by atoms with Crippen LogP contribution < -0.4 is 9.47 Å². The summed E-state index contributed by atoms with van der Waals surface area (Å²) >= 11 is 1.36. The molecule has 0 atom stereocenters. The molecule has 0 aliphatic carbocycles. The Balaban J connectivity index is 1.89. The van der Waals surface area contributed by atoms with E-state index in [2.05, 4.69) is 30.5 Å². The Morgan fingerprint density at radius 1 is 1.19 bits per heavy atom. The first kappa shape index (κ1) is 23.8. The van der Waals surface area contributed by atoms with Crippen LogP contribution in [-0.4, -0.2) is 41.5 Å². The average molecular weight is 464 g/mol. The number of nitrogens with zero attached hydrogens (tertiary/aromatic N) is 3. The quantitative estimate of drug-likeness (QED) is 0.484. The standard InChI is InChI=1S/C23H27F2N3O3S/c1-12-17-13(2)26-21(23(3,4)5)27-19(17)32-18(12)20(29)28(6)11-14-8-9-15(31-22(24)25)16(10-14)30-7/h8-10,22H,11H2,1-7H3.